The summed E-state index contributed by atoms with van der Waals surface area (Å²) < 4.78 is 0. The summed E-state index contributed by atoms with van der Waals surface area (Å²) in [5.41, 5.74) is 16.8. The summed E-state index contributed by atoms with van der Waals surface area (Å²) in [4.78, 5) is 0. The minimum atomic E-state index is 0.266. The summed E-state index contributed by atoms with van der Waals surface area (Å²) in [5, 5.41) is 0. The van der Waals surface area contributed by atoms with E-state index in [1.807, 2.05) is 13.8 Å². The Bertz CT molecular complexity index is 850. The zero-order valence-corrected chi connectivity index (χ0v) is 21.0. The SMILES string of the molecule is CC.Cc1cc(C)c(B(c2c(C)cc(C)cc2C)c2c(C)cc(C)cc2C)c(C)c1. The molecule has 0 aliphatic carbocycles. The van der Waals surface area contributed by atoms with Crippen LogP contribution < -0.4 is 16.4 Å². The summed E-state index contributed by atoms with van der Waals surface area (Å²) in [7, 11) is 0. The maximum absolute atomic E-state index is 2.34. The molecule has 0 saturated carbocycles. The largest absolute Gasteiger partial charge is 0.243 e. The van der Waals surface area contributed by atoms with Crippen molar-refractivity contribution in [2.45, 2.75) is 76.2 Å². The molecule has 0 bridgehead atoms. The molecule has 0 amide bonds. The van der Waals surface area contributed by atoms with Gasteiger partial charge in [0.25, 0.3) is 0 Å². The first-order chi connectivity index (χ1) is 14.1. The van der Waals surface area contributed by atoms with Crippen LogP contribution in [0.25, 0.3) is 0 Å². The lowest BCUT2D eigenvalue weighted by atomic mass is 9.33. The molecular formula is C29H39B. The third kappa shape index (κ3) is 4.72. The Morgan fingerprint density at radius 1 is 0.367 bits per heavy atom. The normalized spacial score (nSPS) is 10.5. The first kappa shape index (κ1) is 24.0. The van der Waals surface area contributed by atoms with Gasteiger partial charge in [-0.25, -0.2) is 0 Å². The summed E-state index contributed by atoms with van der Waals surface area (Å²) in [5.74, 6) is 0. The summed E-state index contributed by atoms with van der Waals surface area (Å²) in [6.45, 7) is 24.5. The van der Waals surface area contributed by atoms with Crippen LogP contribution in [0.3, 0.4) is 0 Å². The van der Waals surface area contributed by atoms with Crippen molar-refractivity contribution in [3.05, 3.63) is 86.5 Å². The zero-order valence-electron chi connectivity index (χ0n) is 21.0. The van der Waals surface area contributed by atoms with Gasteiger partial charge >= 0.3 is 0 Å². The van der Waals surface area contributed by atoms with Crippen LogP contribution in [-0.2, 0) is 0 Å². The monoisotopic (exact) mass is 398 g/mol. The molecule has 0 N–H and O–H groups in total. The second-order valence-electron chi connectivity index (χ2n) is 8.87. The van der Waals surface area contributed by atoms with E-state index < -0.39 is 0 Å². The van der Waals surface area contributed by atoms with Crippen LogP contribution in [-0.4, -0.2) is 6.71 Å². The van der Waals surface area contributed by atoms with Crippen molar-refractivity contribution in [3.63, 3.8) is 0 Å². The molecule has 0 heterocycles. The van der Waals surface area contributed by atoms with Gasteiger partial charge in [-0.15, -0.1) is 0 Å². The maximum Gasteiger partial charge on any atom is 0.243 e. The van der Waals surface area contributed by atoms with Gasteiger partial charge in [-0.3, -0.25) is 0 Å². The van der Waals surface area contributed by atoms with Gasteiger partial charge in [0, 0.05) is 0 Å². The van der Waals surface area contributed by atoms with Crippen LogP contribution >= 0.6 is 0 Å². The van der Waals surface area contributed by atoms with Gasteiger partial charge in [-0.2, -0.15) is 0 Å². The predicted octanol–water partition coefficient (Wildman–Crippen LogP) is 6.00. The lowest BCUT2D eigenvalue weighted by Gasteiger charge is -2.27. The Morgan fingerprint density at radius 2 is 0.533 bits per heavy atom. The topological polar surface area (TPSA) is 0 Å². The summed E-state index contributed by atoms with van der Waals surface area (Å²) >= 11 is 0. The van der Waals surface area contributed by atoms with E-state index in [1.54, 1.807) is 0 Å². The fourth-order valence-corrected chi connectivity index (χ4v) is 5.37. The molecule has 0 nitrogen and oxygen atoms in total. The van der Waals surface area contributed by atoms with Crippen LogP contribution in [0.2, 0.25) is 0 Å². The minimum absolute atomic E-state index is 0.266. The van der Waals surface area contributed by atoms with Gasteiger partial charge in [0.15, 0.2) is 0 Å². The van der Waals surface area contributed by atoms with Crippen LogP contribution in [0.5, 0.6) is 0 Å². The lowest BCUT2D eigenvalue weighted by molar-refractivity contribution is 1.32. The number of hydrogen-bond donors (Lipinski definition) is 0. The van der Waals surface area contributed by atoms with Crippen LogP contribution in [0.15, 0.2) is 36.4 Å². The highest BCUT2D eigenvalue weighted by molar-refractivity contribution is 6.97. The molecule has 0 aromatic heterocycles. The third-order valence-corrected chi connectivity index (χ3v) is 6.08. The van der Waals surface area contributed by atoms with E-state index in [0.29, 0.717) is 0 Å². The van der Waals surface area contributed by atoms with Crippen molar-refractivity contribution in [1.82, 2.24) is 0 Å². The lowest BCUT2D eigenvalue weighted by Crippen LogP contribution is -2.57. The number of hydrogen-bond acceptors (Lipinski definition) is 0. The van der Waals surface area contributed by atoms with Gasteiger partial charge < -0.3 is 0 Å². The molecule has 1 heteroatoms. The van der Waals surface area contributed by atoms with Crippen LogP contribution in [0.4, 0.5) is 0 Å². The molecule has 3 aromatic carbocycles. The van der Waals surface area contributed by atoms with Gasteiger partial charge in [0.1, 0.15) is 0 Å². The van der Waals surface area contributed by atoms with Gasteiger partial charge in [-0.1, -0.05) is 117 Å². The highest BCUT2D eigenvalue weighted by Gasteiger charge is 2.30. The van der Waals surface area contributed by atoms with Crippen molar-refractivity contribution >= 4 is 23.1 Å². The highest BCUT2D eigenvalue weighted by atomic mass is 14.1. The van der Waals surface area contributed by atoms with Crippen molar-refractivity contribution in [3.8, 4) is 0 Å². The average molecular weight is 398 g/mol. The van der Waals surface area contributed by atoms with Gasteiger partial charge in [0.2, 0.25) is 6.71 Å². The first-order valence-electron chi connectivity index (χ1n) is 11.3. The molecule has 0 aliphatic rings. The van der Waals surface area contributed by atoms with E-state index in [0.717, 1.165) is 0 Å². The Morgan fingerprint density at radius 3 is 0.700 bits per heavy atom. The van der Waals surface area contributed by atoms with E-state index in [4.69, 9.17) is 0 Å². The predicted molar refractivity (Wildman–Crippen MR) is 138 cm³/mol. The fourth-order valence-electron chi connectivity index (χ4n) is 5.37. The summed E-state index contributed by atoms with van der Waals surface area (Å²) in [6.07, 6.45) is 0. The van der Waals surface area contributed by atoms with Crippen molar-refractivity contribution in [2.24, 2.45) is 0 Å². The number of aryl methyl sites for hydroxylation is 9. The molecule has 0 saturated heterocycles. The molecular weight excluding hydrogens is 359 g/mol. The molecule has 158 valence electrons. The molecule has 0 aliphatic heterocycles. The number of rotatable bonds is 3. The quantitative estimate of drug-likeness (QED) is 0.475. The second-order valence-corrected chi connectivity index (χ2v) is 8.87. The van der Waals surface area contributed by atoms with Crippen molar-refractivity contribution in [1.29, 1.82) is 0 Å². The Kier molecular flexibility index (Phi) is 7.75. The maximum atomic E-state index is 2.34. The van der Waals surface area contributed by atoms with E-state index in [1.165, 1.54) is 66.5 Å². The summed E-state index contributed by atoms with van der Waals surface area (Å²) in [6, 6.07) is 14.0. The van der Waals surface area contributed by atoms with Crippen LogP contribution in [0.1, 0.15) is 63.9 Å². The molecule has 30 heavy (non-hydrogen) atoms. The molecule has 0 fully saturated rings. The molecule has 3 aromatic rings. The second kappa shape index (κ2) is 9.69. The minimum Gasteiger partial charge on any atom is -0.0683 e. The van der Waals surface area contributed by atoms with E-state index >= 15 is 0 Å². The first-order valence-corrected chi connectivity index (χ1v) is 11.3. The fraction of sp³-hybridized carbons (Fsp3) is 0.379. The highest BCUT2D eigenvalue weighted by Crippen LogP contribution is 2.16. The molecule has 0 unspecified atom stereocenters. The molecule has 3 rings (SSSR count). The van der Waals surface area contributed by atoms with Crippen molar-refractivity contribution < 1.29 is 0 Å². The van der Waals surface area contributed by atoms with E-state index in [2.05, 4.69) is 98.7 Å². The average Bonchev–Trinajstić information content (AvgIpc) is 2.60. The Balaban J connectivity index is 0.00000155. The van der Waals surface area contributed by atoms with E-state index in [-0.39, 0.29) is 6.71 Å². The van der Waals surface area contributed by atoms with E-state index in [9.17, 15) is 0 Å². The third-order valence-electron chi connectivity index (χ3n) is 6.08. The van der Waals surface area contributed by atoms with Gasteiger partial charge in [-0.05, 0) is 62.3 Å². The van der Waals surface area contributed by atoms with Crippen LogP contribution in [0, 0.1) is 62.3 Å². The standard InChI is InChI=1S/C27H33B.C2H6/c1-16-10-19(4)25(20(5)11-16)28(26-21(6)12-17(2)13-22(26)7)27-23(8)14-18(3)15-24(27)9;1-2/h10-15H,1-9H3;1-2H3. The Labute approximate surface area is 185 Å². The molecule has 0 radical (unpaired) electrons. The van der Waals surface area contributed by atoms with Crippen molar-refractivity contribution in [2.75, 3.05) is 0 Å². The van der Waals surface area contributed by atoms with Gasteiger partial charge in [0.05, 0.1) is 0 Å². The number of benzene rings is 3. The molecule has 0 atom stereocenters. The molecule has 0 spiro atoms. The Hall–Kier alpha value is -2.28. The zero-order chi connectivity index (χ0) is 22.7. The smallest absolute Gasteiger partial charge is 0.0683 e.